The molecule has 3 aliphatic heterocycles. The Hall–Kier alpha value is -3.00. The second-order valence-electron chi connectivity index (χ2n) is 10.0. The summed E-state index contributed by atoms with van der Waals surface area (Å²) < 4.78 is 46.2. The van der Waals surface area contributed by atoms with Crippen molar-refractivity contribution in [2.75, 3.05) is 13.1 Å². The summed E-state index contributed by atoms with van der Waals surface area (Å²) in [7, 11) is 0. The fourth-order valence-corrected chi connectivity index (χ4v) is 5.62. The van der Waals surface area contributed by atoms with Gasteiger partial charge in [-0.15, -0.1) is 0 Å². The van der Waals surface area contributed by atoms with Crippen molar-refractivity contribution in [3.8, 4) is 11.5 Å². The minimum Gasteiger partial charge on any atom is -0.487 e. The highest BCUT2D eigenvalue weighted by atomic mass is 19.1. The normalized spacial score (nSPS) is 27.9. The van der Waals surface area contributed by atoms with E-state index in [2.05, 4.69) is 17.0 Å². The number of morpholine rings is 1. The first kappa shape index (κ1) is 23.4. The van der Waals surface area contributed by atoms with E-state index in [1.807, 2.05) is 18.2 Å². The van der Waals surface area contributed by atoms with Crippen molar-refractivity contribution in [2.24, 2.45) is 0 Å². The molecule has 3 heterocycles. The minimum absolute atomic E-state index is 0.272. The van der Waals surface area contributed by atoms with Crippen LogP contribution in [0.5, 0.6) is 11.5 Å². The third-order valence-corrected chi connectivity index (χ3v) is 7.38. The van der Waals surface area contributed by atoms with Gasteiger partial charge in [0.1, 0.15) is 35.3 Å². The number of aryl methyl sites for hydroxylation is 2. The summed E-state index contributed by atoms with van der Waals surface area (Å²) in [4.78, 5) is 2.18. The molecule has 0 amide bonds. The minimum atomic E-state index is -1.57. The molecule has 7 heteroatoms. The molecule has 4 atom stereocenters. The zero-order valence-corrected chi connectivity index (χ0v) is 19.9. The van der Waals surface area contributed by atoms with E-state index in [9.17, 15) is 13.9 Å². The van der Waals surface area contributed by atoms with Crippen LogP contribution in [0.25, 0.3) is 0 Å². The predicted molar refractivity (Wildman–Crippen MR) is 130 cm³/mol. The third-order valence-electron chi connectivity index (χ3n) is 7.38. The topological polar surface area (TPSA) is 51.2 Å². The number of benzene rings is 3. The molecule has 0 aliphatic carbocycles. The van der Waals surface area contributed by atoms with E-state index < -0.39 is 18.0 Å². The summed E-state index contributed by atoms with van der Waals surface area (Å²) in [6, 6.07) is 19.1. The molecule has 5 nitrogen and oxygen atoms in total. The summed E-state index contributed by atoms with van der Waals surface area (Å²) in [6.45, 7) is 1.49. The lowest BCUT2D eigenvalue weighted by Gasteiger charge is -2.49. The van der Waals surface area contributed by atoms with E-state index in [0.717, 1.165) is 16.7 Å². The second kappa shape index (κ2) is 9.47. The van der Waals surface area contributed by atoms with Gasteiger partial charge in [0.05, 0.1) is 6.54 Å². The van der Waals surface area contributed by atoms with E-state index in [1.165, 1.54) is 24.3 Å². The molecule has 1 fully saturated rings. The van der Waals surface area contributed by atoms with Crippen LogP contribution in [0.3, 0.4) is 0 Å². The smallest absolute Gasteiger partial charge is 0.217 e. The van der Waals surface area contributed by atoms with Crippen LogP contribution >= 0.6 is 0 Å². The van der Waals surface area contributed by atoms with Crippen LogP contribution in [0.1, 0.15) is 29.5 Å². The van der Waals surface area contributed by atoms with Crippen LogP contribution in [0.15, 0.2) is 66.7 Å². The lowest BCUT2D eigenvalue weighted by molar-refractivity contribution is -0.315. The van der Waals surface area contributed by atoms with Crippen molar-refractivity contribution in [1.82, 2.24) is 4.90 Å². The van der Waals surface area contributed by atoms with Crippen LogP contribution in [0.4, 0.5) is 8.78 Å². The highest BCUT2D eigenvalue weighted by Gasteiger charge is 2.50. The zero-order valence-electron chi connectivity index (χ0n) is 19.9. The molecule has 0 aromatic heterocycles. The zero-order chi connectivity index (χ0) is 24.7. The van der Waals surface area contributed by atoms with Crippen molar-refractivity contribution in [3.05, 3.63) is 95.1 Å². The first-order valence-electron chi connectivity index (χ1n) is 12.5. The van der Waals surface area contributed by atoms with Gasteiger partial charge in [-0.2, -0.15) is 0 Å². The summed E-state index contributed by atoms with van der Waals surface area (Å²) in [5.41, 5.74) is 2.77. The lowest BCUT2D eigenvalue weighted by Crippen LogP contribution is -2.65. The summed E-state index contributed by atoms with van der Waals surface area (Å²) in [5.74, 6) is -0.915. The number of rotatable bonds is 4. The second-order valence-corrected chi connectivity index (χ2v) is 10.0. The number of hydrogen-bond donors (Lipinski definition) is 1. The average Bonchev–Trinajstić information content (AvgIpc) is 2.88. The maximum absolute atomic E-state index is 13.7. The quantitative estimate of drug-likeness (QED) is 0.574. The number of aliphatic hydroxyl groups is 1. The molecule has 0 saturated carbocycles. The van der Waals surface area contributed by atoms with Gasteiger partial charge in [0, 0.05) is 13.1 Å². The lowest BCUT2D eigenvalue weighted by atomic mass is 9.93. The van der Waals surface area contributed by atoms with Crippen LogP contribution in [-0.4, -0.2) is 47.2 Å². The molecule has 3 aromatic carbocycles. The molecule has 188 valence electrons. The van der Waals surface area contributed by atoms with Gasteiger partial charge in [0.15, 0.2) is 6.10 Å². The van der Waals surface area contributed by atoms with Crippen molar-refractivity contribution in [1.29, 1.82) is 0 Å². The van der Waals surface area contributed by atoms with Crippen molar-refractivity contribution < 1.29 is 28.1 Å². The monoisotopic (exact) mass is 493 g/mol. The molecule has 3 unspecified atom stereocenters. The van der Waals surface area contributed by atoms with Crippen molar-refractivity contribution >= 4 is 0 Å². The van der Waals surface area contributed by atoms with E-state index in [-0.39, 0.29) is 24.3 Å². The van der Waals surface area contributed by atoms with Gasteiger partial charge in [-0.1, -0.05) is 30.3 Å². The van der Waals surface area contributed by atoms with Gasteiger partial charge < -0.3 is 19.3 Å². The third kappa shape index (κ3) is 4.71. The van der Waals surface area contributed by atoms with Crippen LogP contribution in [-0.2, 0) is 24.1 Å². The number of nitrogens with zero attached hydrogens (tertiary/aromatic N) is 1. The summed E-state index contributed by atoms with van der Waals surface area (Å²) in [6.07, 6.45) is 1.11. The van der Waals surface area contributed by atoms with E-state index in [4.69, 9.17) is 14.2 Å². The Morgan fingerprint density at radius 2 is 1.50 bits per heavy atom. The first-order valence-corrected chi connectivity index (χ1v) is 12.5. The summed E-state index contributed by atoms with van der Waals surface area (Å²) in [5, 5.41) is 11.9. The molecular weight excluding hydrogens is 464 g/mol. The van der Waals surface area contributed by atoms with Gasteiger partial charge in [-0.05, 0) is 78.8 Å². The fourth-order valence-electron chi connectivity index (χ4n) is 5.62. The molecule has 3 aromatic rings. The molecule has 0 spiro atoms. The molecule has 0 bridgehead atoms. The van der Waals surface area contributed by atoms with Crippen LogP contribution in [0, 0.1) is 11.6 Å². The first-order chi connectivity index (χ1) is 17.4. The SMILES string of the molecule is O[C@]1(C2CCc3cc(F)ccc3O2)CN(Cc2ccccc2)CC(C2CCc3cc(F)ccc3O2)O1. The Balaban J connectivity index is 1.26. The molecule has 6 rings (SSSR count). The van der Waals surface area contributed by atoms with Crippen molar-refractivity contribution in [3.63, 3.8) is 0 Å². The van der Waals surface area contributed by atoms with E-state index >= 15 is 0 Å². The molecule has 1 saturated heterocycles. The number of β-amino-alcohol motifs (C(OH)–C–C–N with tert-alkyl or cyclic N) is 1. The standard InChI is InChI=1S/C29H29F2NO4/c30-22-8-11-24-20(14-22)6-10-26(34-24)27-17-32(16-19-4-2-1-3-5-19)18-29(33,36-27)28-13-7-21-15-23(31)9-12-25(21)35-28/h1-5,8-9,11-12,14-15,26-28,33H,6-7,10,13,16-18H2/t26?,27?,28?,29-/m1/s1. The van der Waals surface area contributed by atoms with Gasteiger partial charge in [-0.3, -0.25) is 4.90 Å². The van der Waals surface area contributed by atoms with Gasteiger partial charge in [0.2, 0.25) is 5.79 Å². The van der Waals surface area contributed by atoms with Crippen molar-refractivity contribution in [2.45, 2.75) is 56.3 Å². The van der Waals surface area contributed by atoms with Gasteiger partial charge >= 0.3 is 0 Å². The molecule has 36 heavy (non-hydrogen) atoms. The maximum Gasteiger partial charge on any atom is 0.217 e. The van der Waals surface area contributed by atoms with Gasteiger partial charge in [-0.25, -0.2) is 8.78 Å². The molecule has 1 N–H and O–H groups in total. The van der Waals surface area contributed by atoms with Crippen LogP contribution < -0.4 is 9.47 Å². The molecular formula is C29H29F2NO4. The van der Waals surface area contributed by atoms with Gasteiger partial charge in [0.25, 0.3) is 0 Å². The predicted octanol–water partition coefficient (Wildman–Crippen LogP) is 4.64. The molecule has 0 radical (unpaired) electrons. The maximum atomic E-state index is 13.7. The number of hydrogen-bond acceptors (Lipinski definition) is 5. The molecule has 3 aliphatic rings. The highest BCUT2D eigenvalue weighted by molar-refractivity contribution is 5.37. The Labute approximate surface area is 209 Å². The highest BCUT2D eigenvalue weighted by Crippen LogP contribution is 2.38. The Kier molecular flexibility index (Phi) is 6.15. The largest absolute Gasteiger partial charge is 0.487 e. The Morgan fingerprint density at radius 1 is 0.833 bits per heavy atom. The van der Waals surface area contributed by atoms with E-state index in [0.29, 0.717) is 50.3 Å². The number of halogens is 2. The summed E-state index contributed by atoms with van der Waals surface area (Å²) >= 11 is 0. The number of ether oxygens (including phenoxy) is 3. The number of fused-ring (bicyclic) bond motifs is 2. The average molecular weight is 494 g/mol. The van der Waals surface area contributed by atoms with Crippen LogP contribution in [0.2, 0.25) is 0 Å². The Bertz CT molecular complexity index is 1240. The van der Waals surface area contributed by atoms with E-state index in [1.54, 1.807) is 12.1 Å². The Morgan fingerprint density at radius 3 is 2.22 bits per heavy atom. The fraction of sp³-hybridized carbons (Fsp3) is 0.379.